The van der Waals surface area contributed by atoms with Crippen LogP contribution in [0.15, 0.2) is 23.4 Å². The summed E-state index contributed by atoms with van der Waals surface area (Å²) in [5, 5.41) is 12.8. The van der Waals surface area contributed by atoms with Crippen molar-refractivity contribution in [3.05, 3.63) is 51.2 Å². The SMILES string of the molecule is CCOC(=O)c1c(NC(=O)CSc2nnc(C(C)Oc3cc(C)cc(C)c3)n2CC)sc2c1CCC2. The topological polar surface area (TPSA) is 95.3 Å². The molecule has 3 aromatic rings. The second kappa shape index (κ2) is 11.5. The molecule has 0 saturated heterocycles. The quantitative estimate of drug-likeness (QED) is 0.274. The second-order valence-corrected chi connectivity index (χ2v) is 10.8. The van der Waals surface area contributed by atoms with Crippen LogP contribution in [0.2, 0.25) is 0 Å². The first-order chi connectivity index (χ1) is 17.3. The Labute approximate surface area is 219 Å². The van der Waals surface area contributed by atoms with Gasteiger partial charge in [-0.05, 0) is 82.7 Å². The van der Waals surface area contributed by atoms with Crippen LogP contribution in [0.25, 0.3) is 0 Å². The maximum absolute atomic E-state index is 12.8. The van der Waals surface area contributed by atoms with Gasteiger partial charge in [0.15, 0.2) is 17.1 Å². The average Bonchev–Trinajstić information content (AvgIpc) is 3.51. The van der Waals surface area contributed by atoms with Crippen LogP contribution in [0.3, 0.4) is 0 Å². The molecule has 0 spiro atoms. The number of thiophene rings is 1. The van der Waals surface area contributed by atoms with Gasteiger partial charge in [0, 0.05) is 11.4 Å². The molecule has 4 rings (SSSR count). The van der Waals surface area contributed by atoms with E-state index in [1.54, 1.807) is 6.92 Å². The smallest absolute Gasteiger partial charge is 0.341 e. The summed E-state index contributed by atoms with van der Waals surface area (Å²) in [6.45, 7) is 10.8. The highest BCUT2D eigenvalue weighted by molar-refractivity contribution is 7.99. The van der Waals surface area contributed by atoms with Crippen molar-refractivity contribution in [1.29, 1.82) is 0 Å². The Morgan fingerprint density at radius 1 is 1.17 bits per heavy atom. The molecular weight excluding hydrogens is 496 g/mol. The zero-order valence-electron chi connectivity index (χ0n) is 21.3. The minimum Gasteiger partial charge on any atom is -0.483 e. The lowest BCUT2D eigenvalue weighted by Crippen LogP contribution is -2.17. The molecule has 0 bridgehead atoms. The van der Waals surface area contributed by atoms with Crippen molar-refractivity contribution < 1.29 is 19.1 Å². The molecule has 1 aliphatic rings. The first kappa shape index (κ1) is 26.2. The van der Waals surface area contributed by atoms with Gasteiger partial charge in [-0.2, -0.15) is 0 Å². The Balaban J connectivity index is 1.42. The number of amides is 1. The lowest BCUT2D eigenvalue weighted by molar-refractivity contribution is -0.113. The van der Waals surface area contributed by atoms with E-state index >= 15 is 0 Å². The molecule has 1 unspecified atom stereocenters. The highest BCUT2D eigenvalue weighted by Gasteiger charge is 2.28. The van der Waals surface area contributed by atoms with Crippen LogP contribution in [0.5, 0.6) is 5.75 Å². The number of aryl methyl sites for hydroxylation is 3. The van der Waals surface area contributed by atoms with Gasteiger partial charge in [0.2, 0.25) is 5.91 Å². The summed E-state index contributed by atoms with van der Waals surface area (Å²) >= 11 is 2.79. The number of fused-ring (bicyclic) bond motifs is 1. The summed E-state index contributed by atoms with van der Waals surface area (Å²) < 4.78 is 13.4. The number of thioether (sulfide) groups is 1. The van der Waals surface area contributed by atoms with Crippen LogP contribution in [-0.4, -0.2) is 39.0 Å². The van der Waals surface area contributed by atoms with Gasteiger partial charge >= 0.3 is 5.97 Å². The third-order valence-electron chi connectivity index (χ3n) is 5.92. The van der Waals surface area contributed by atoms with Crippen molar-refractivity contribution >= 4 is 40.0 Å². The Morgan fingerprint density at radius 3 is 2.61 bits per heavy atom. The van der Waals surface area contributed by atoms with E-state index in [4.69, 9.17) is 9.47 Å². The van der Waals surface area contributed by atoms with Crippen LogP contribution < -0.4 is 10.1 Å². The summed E-state index contributed by atoms with van der Waals surface area (Å²) in [4.78, 5) is 26.6. The Morgan fingerprint density at radius 2 is 1.92 bits per heavy atom. The number of aromatic nitrogens is 3. The van der Waals surface area contributed by atoms with Gasteiger partial charge in [0.25, 0.3) is 0 Å². The molecule has 36 heavy (non-hydrogen) atoms. The number of hydrogen-bond donors (Lipinski definition) is 1. The van der Waals surface area contributed by atoms with E-state index in [9.17, 15) is 9.59 Å². The van der Waals surface area contributed by atoms with Crippen molar-refractivity contribution in [2.45, 2.75) is 71.7 Å². The fourth-order valence-corrected chi connectivity index (χ4v) is 6.57. The summed E-state index contributed by atoms with van der Waals surface area (Å²) in [5.74, 6) is 1.08. The van der Waals surface area contributed by atoms with E-state index in [-0.39, 0.29) is 23.7 Å². The van der Waals surface area contributed by atoms with Crippen molar-refractivity contribution in [1.82, 2.24) is 14.8 Å². The fraction of sp³-hybridized carbons (Fsp3) is 0.462. The standard InChI is InChI=1S/C26H32N4O4S2/c1-6-30-23(17(5)34-18-12-15(3)11-16(4)13-18)28-29-26(30)35-14-21(31)27-24-22(25(32)33-7-2)19-9-8-10-20(19)36-24/h11-13,17H,6-10,14H2,1-5H3,(H,27,31). The summed E-state index contributed by atoms with van der Waals surface area (Å²) in [7, 11) is 0. The lowest BCUT2D eigenvalue weighted by Gasteiger charge is -2.16. The molecule has 1 N–H and O–H groups in total. The average molecular weight is 529 g/mol. The maximum atomic E-state index is 12.8. The third kappa shape index (κ3) is 5.75. The number of anilines is 1. The minimum absolute atomic E-state index is 0.148. The van der Waals surface area contributed by atoms with Gasteiger partial charge in [-0.3, -0.25) is 4.79 Å². The van der Waals surface area contributed by atoms with Crippen molar-refractivity contribution in [3.8, 4) is 5.75 Å². The first-order valence-electron chi connectivity index (χ1n) is 12.2. The van der Waals surface area contributed by atoms with Gasteiger partial charge in [-0.1, -0.05) is 17.8 Å². The summed E-state index contributed by atoms with van der Waals surface area (Å²) in [5.41, 5.74) is 3.82. The van der Waals surface area contributed by atoms with Gasteiger partial charge in [0.1, 0.15) is 10.8 Å². The number of esters is 1. The van der Waals surface area contributed by atoms with Crippen LogP contribution >= 0.6 is 23.1 Å². The number of nitrogens with zero attached hydrogens (tertiary/aromatic N) is 3. The first-order valence-corrected chi connectivity index (χ1v) is 14.0. The molecule has 1 amide bonds. The van der Waals surface area contributed by atoms with Crippen LogP contribution in [-0.2, 0) is 28.9 Å². The highest BCUT2D eigenvalue weighted by Crippen LogP contribution is 2.39. The van der Waals surface area contributed by atoms with E-state index < -0.39 is 0 Å². The van der Waals surface area contributed by atoms with Crippen molar-refractivity contribution in [2.24, 2.45) is 0 Å². The molecule has 1 aliphatic carbocycles. The van der Waals surface area contributed by atoms with E-state index in [0.717, 1.165) is 46.6 Å². The maximum Gasteiger partial charge on any atom is 0.341 e. The van der Waals surface area contributed by atoms with E-state index in [0.29, 0.717) is 34.7 Å². The molecule has 0 radical (unpaired) electrons. The number of hydrogen-bond acceptors (Lipinski definition) is 8. The number of nitrogens with one attached hydrogen (secondary N) is 1. The highest BCUT2D eigenvalue weighted by atomic mass is 32.2. The normalized spacial score (nSPS) is 13.4. The Bertz CT molecular complexity index is 1250. The largest absolute Gasteiger partial charge is 0.483 e. The third-order valence-corrected chi connectivity index (χ3v) is 8.09. The number of benzene rings is 1. The Hall–Kier alpha value is -2.85. The number of carbonyl (C=O) groups is 2. The molecule has 0 aliphatic heterocycles. The van der Waals surface area contributed by atoms with Crippen molar-refractivity contribution in [3.63, 3.8) is 0 Å². The van der Waals surface area contributed by atoms with Gasteiger partial charge < -0.3 is 19.4 Å². The molecule has 2 heterocycles. The van der Waals surface area contributed by atoms with E-state index in [1.807, 2.05) is 44.4 Å². The number of carbonyl (C=O) groups excluding carboxylic acids is 2. The molecule has 1 aromatic carbocycles. The van der Waals surface area contributed by atoms with E-state index in [2.05, 4.69) is 21.6 Å². The molecule has 0 fully saturated rings. The lowest BCUT2D eigenvalue weighted by atomic mass is 10.1. The summed E-state index contributed by atoms with van der Waals surface area (Å²) in [6.07, 6.45) is 2.50. The summed E-state index contributed by atoms with van der Waals surface area (Å²) in [6, 6.07) is 6.10. The fourth-order valence-electron chi connectivity index (χ4n) is 4.47. The molecule has 192 valence electrons. The monoisotopic (exact) mass is 528 g/mol. The number of rotatable bonds is 10. The van der Waals surface area contributed by atoms with Gasteiger partial charge in [-0.15, -0.1) is 21.5 Å². The minimum atomic E-state index is -0.368. The predicted octanol–water partition coefficient (Wildman–Crippen LogP) is 5.51. The molecule has 8 nitrogen and oxygen atoms in total. The molecule has 10 heteroatoms. The molecule has 2 aromatic heterocycles. The molecular formula is C26H32N4O4S2. The zero-order chi connectivity index (χ0) is 25.8. The molecule has 1 atom stereocenters. The van der Waals surface area contributed by atoms with Gasteiger partial charge in [-0.25, -0.2) is 4.79 Å². The second-order valence-electron chi connectivity index (χ2n) is 8.79. The van der Waals surface area contributed by atoms with Gasteiger partial charge in [0.05, 0.1) is 17.9 Å². The number of ether oxygens (including phenoxy) is 2. The Kier molecular flexibility index (Phi) is 8.35. The predicted molar refractivity (Wildman–Crippen MR) is 142 cm³/mol. The van der Waals surface area contributed by atoms with E-state index in [1.165, 1.54) is 23.1 Å². The van der Waals surface area contributed by atoms with Crippen LogP contribution in [0, 0.1) is 13.8 Å². The van der Waals surface area contributed by atoms with Crippen LogP contribution in [0.1, 0.15) is 71.0 Å². The molecule has 0 saturated carbocycles. The zero-order valence-corrected chi connectivity index (χ0v) is 23.0. The van der Waals surface area contributed by atoms with Crippen molar-refractivity contribution in [2.75, 3.05) is 17.7 Å². The van der Waals surface area contributed by atoms with Crippen LogP contribution in [0.4, 0.5) is 5.00 Å².